The van der Waals surface area contributed by atoms with Gasteiger partial charge < -0.3 is 0 Å². The summed E-state index contributed by atoms with van der Waals surface area (Å²) in [7, 11) is 0. The molecule has 1 aliphatic rings. The summed E-state index contributed by atoms with van der Waals surface area (Å²) in [5, 5.41) is 0. The zero-order valence-corrected chi connectivity index (χ0v) is 8.26. The topological polar surface area (TPSA) is 17.1 Å². The van der Waals surface area contributed by atoms with Gasteiger partial charge in [-0.3, -0.25) is 4.79 Å². The normalized spacial score (nSPS) is 30.1. The second kappa shape index (κ2) is 3.88. The SMILES string of the molecule is CC(C)=CC1CC(C)CCC1=O. The molecule has 2 unspecified atom stereocenters. The summed E-state index contributed by atoms with van der Waals surface area (Å²) in [6.45, 7) is 6.36. The van der Waals surface area contributed by atoms with Crippen LogP contribution in [0.25, 0.3) is 0 Å². The molecule has 68 valence electrons. The lowest BCUT2D eigenvalue weighted by atomic mass is 9.81. The van der Waals surface area contributed by atoms with E-state index in [0.29, 0.717) is 5.78 Å². The lowest BCUT2D eigenvalue weighted by Crippen LogP contribution is -2.22. The number of hydrogen-bond acceptors (Lipinski definition) is 1. The molecule has 1 fully saturated rings. The van der Waals surface area contributed by atoms with E-state index in [0.717, 1.165) is 25.2 Å². The van der Waals surface area contributed by atoms with Crippen molar-refractivity contribution >= 4 is 5.78 Å². The molecule has 1 saturated carbocycles. The van der Waals surface area contributed by atoms with Gasteiger partial charge in [0.15, 0.2) is 0 Å². The van der Waals surface area contributed by atoms with Crippen LogP contribution in [0.4, 0.5) is 0 Å². The highest BCUT2D eigenvalue weighted by atomic mass is 16.1. The maximum Gasteiger partial charge on any atom is 0.139 e. The Morgan fingerprint density at radius 1 is 1.50 bits per heavy atom. The Morgan fingerprint density at radius 3 is 2.75 bits per heavy atom. The second-order valence-electron chi connectivity index (χ2n) is 4.20. The van der Waals surface area contributed by atoms with Crippen molar-refractivity contribution in [1.29, 1.82) is 0 Å². The molecule has 1 rings (SSSR count). The molecule has 0 bridgehead atoms. The third kappa shape index (κ3) is 2.47. The maximum absolute atomic E-state index is 11.4. The van der Waals surface area contributed by atoms with Gasteiger partial charge >= 0.3 is 0 Å². The van der Waals surface area contributed by atoms with Crippen LogP contribution in [0.1, 0.15) is 40.0 Å². The lowest BCUT2D eigenvalue weighted by molar-refractivity contribution is -0.123. The minimum absolute atomic E-state index is 0.221. The van der Waals surface area contributed by atoms with Crippen molar-refractivity contribution in [1.82, 2.24) is 0 Å². The van der Waals surface area contributed by atoms with Gasteiger partial charge in [0, 0.05) is 12.3 Å². The number of hydrogen-bond donors (Lipinski definition) is 0. The van der Waals surface area contributed by atoms with E-state index in [9.17, 15) is 4.79 Å². The average molecular weight is 166 g/mol. The number of carbonyl (C=O) groups excluding carboxylic acids is 1. The highest BCUT2D eigenvalue weighted by Gasteiger charge is 2.24. The van der Waals surface area contributed by atoms with Crippen molar-refractivity contribution in [3.63, 3.8) is 0 Å². The number of Topliss-reactive ketones (excluding diaryl/α,β-unsaturated/α-hetero) is 1. The second-order valence-corrected chi connectivity index (χ2v) is 4.20. The largest absolute Gasteiger partial charge is 0.299 e. The van der Waals surface area contributed by atoms with Gasteiger partial charge in [-0.2, -0.15) is 0 Å². The fraction of sp³-hybridized carbons (Fsp3) is 0.727. The molecule has 0 heterocycles. The van der Waals surface area contributed by atoms with Crippen molar-refractivity contribution < 1.29 is 4.79 Å². The van der Waals surface area contributed by atoms with Crippen LogP contribution < -0.4 is 0 Å². The van der Waals surface area contributed by atoms with Crippen LogP contribution in [-0.2, 0) is 4.79 Å². The van der Waals surface area contributed by atoms with Crippen molar-refractivity contribution in [3.05, 3.63) is 11.6 Å². The van der Waals surface area contributed by atoms with Crippen LogP contribution in [0.5, 0.6) is 0 Å². The third-order valence-electron chi connectivity index (χ3n) is 2.49. The van der Waals surface area contributed by atoms with Crippen LogP contribution >= 0.6 is 0 Å². The first-order chi connectivity index (χ1) is 5.59. The predicted molar refractivity (Wildman–Crippen MR) is 50.9 cm³/mol. The maximum atomic E-state index is 11.4. The Bertz CT molecular complexity index is 199. The van der Waals surface area contributed by atoms with Crippen molar-refractivity contribution in [3.8, 4) is 0 Å². The zero-order valence-electron chi connectivity index (χ0n) is 8.26. The summed E-state index contributed by atoms with van der Waals surface area (Å²) in [6.07, 6.45) is 5.06. The minimum Gasteiger partial charge on any atom is -0.299 e. The Kier molecular flexibility index (Phi) is 3.07. The standard InChI is InChI=1S/C11H18O/c1-8(2)6-10-7-9(3)4-5-11(10)12/h6,9-10H,4-5,7H2,1-3H3. The first-order valence-corrected chi connectivity index (χ1v) is 4.77. The smallest absolute Gasteiger partial charge is 0.139 e. The molecule has 0 aromatic carbocycles. The molecular formula is C11H18O. The van der Waals surface area contributed by atoms with Gasteiger partial charge in [-0.05, 0) is 32.6 Å². The summed E-state index contributed by atoms with van der Waals surface area (Å²) in [5.41, 5.74) is 1.27. The summed E-state index contributed by atoms with van der Waals surface area (Å²) in [4.78, 5) is 11.4. The van der Waals surface area contributed by atoms with Crippen LogP contribution in [0, 0.1) is 11.8 Å². The molecule has 2 atom stereocenters. The fourth-order valence-corrected chi connectivity index (χ4v) is 1.82. The number of carbonyl (C=O) groups is 1. The molecule has 1 heteroatoms. The van der Waals surface area contributed by atoms with E-state index in [1.54, 1.807) is 0 Å². The summed E-state index contributed by atoms with van der Waals surface area (Å²) < 4.78 is 0. The molecule has 1 nitrogen and oxygen atoms in total. The molecule has 0 N–H and O–H groups in total. The Morgan fingerprint density at radius 2 is 2.17 bits per heavy atom. The molecule has 0 spiro atoms. The lowest BCUT2D eigenvalue weighted by Gasteiger charge is -2.23. The zero-order chi connectivity index (χ0) is 9.14. The number of rotatable bonds is 1. The van der Waals surface area contributed by atoms with E-state index in [4.69, 9.17) is 0 Å². The fourth-order valence-electron chi connectivity index (χ4n) is 1.82. The molecule has 1 aliphatic carbocycles. The van der Waals surface area contributed by atoms with Crippen LogP contribution in [-0.4, -0.2) is 5.78 Å². The van der Waals surface area contributed by atoms with E-state index >= 15 is 0 Å². The van der Waals surface area contributed by atoms with Crippen molar-refractivity contribution in [2.75, 3.05) is 0 Å². The first-order valence-electron chi connectivity index (χ1n) is 4.77. The summed E-state index contributed by atoms with van der Waals surface area (Å²) in [5.74, 6) is 1.39. The Labute approximate surface area is 74.9 Å². The quantitative estimate of drug-likeness (QED) is 0.547. The van der Waals surface area contributed by atoms with Gasteiger partial charge in [-0.1, -0.05) is 18.6 Å². The van der Waals surface area contributed by atoms with Gasteiger partial charge in [0.25, 0.3) is 0 Å². The molecule has 0 amide bonds. The first kappa shape index (κ1) is 9.50. The number of ketones is 1. The van der Waals surface area contributed by atoms with Gasteiger partial charge in [0.1, 0.15) is 5.78 Å². The van der Waals surface area contributed by atoms with Crippen LogP contribution in [0.2, 0.25) is 0 Å². The molecule has 0 aliphatic heterocycles. The molecule has 0 saturated heterocycles. The molecule has 0 radical (unpaired) electrons. The summed E-state index contributed by atoms with van der Waals surface area (Å²) >= 11 is 0. The predicted octanol–water partition coefficient (Wildman–Crippen LogP) is 2.96. The Hall–Kier alpha value is -0.590. The van der Waals surface area contributed by atoms with E-state index in [1.165, 1.54) is 5.57 Å². The van der Waals surface area contributed by atoms with E-state index in [1.807, 2.05) is 0 Å². The summed E-state index contributed by atoms with van der Waals surface area (Å²) in [6, 6.07) is 0. The van der Waals surface area contributed by atoms with E-state index in [2.05, 4.69) is 26.8 Å². The molecular weight excluding hydrogens is 148 g/mol. The van der Waals surface area contributed by atoms with E-state index in [-0.39, 0.29) is 5.92 Å². The van der Waals surface area contributed by atoms with Gasteiger partial charge in [-0.15, -0.1) is 0 Å². The van der Waals surface area contributed by atoms with Gasteiger partial charge in [0.2, 0.25) is 0 Å². The third-order valence-corrected chi connectivity index (χ3v) is 2.49. The van der Waals surface area contributed by atoms with Gasteiger partial charge in [0.05, 0.1) is 0 Å². The molecule has 0 aromatic rings. The highest BCUT2D eigenvalue weighted by Crippen LogP contribution is 2.27. The van der Waals surface area contributed by atoms with Crippen molar-refractivity contribution in [2.24, 2.45) is 11.8 Å². The van der Waals surface area contributed by atoms with Crippen LogP contribution in [0.3, 0.4) is 0 Å². The highest BCUT2D eigenvalue weighted by molar-refractivity contribution is 5.83. The minimum atomic E-state index is 0.221. The van der Waals surface area contributed by atoms with Crippen LogP contribution in [0.15, 0.2) is 11.6 Å². The number of allylic oxidation sites excluding steroid dienone is 2. The van der Waals surface area contributed by atoms with Crippen molar-refractivity contribution in [2.45, 2.75) is 40.0 Å². The van der Waals surface area contributed by atoms with Gasteiger partial charge in [-0.25, -0.2) is 0 Å². The monoisotopic (exact) mass is 166 g/mol. The van der Waals surface area contributed by atoms with E-state index < -0.39 is 0 Å². The molecule has 0 aromatic heterocycles. The molecule has 12 heavy (non-hydrogen) atoms. The average Bonchev–Trinajstić information content (AvgIpc) is 1.96. The Balaban J connectivity index is 2.61.